The Labute approximate surface area is 118 Å². The van der Waals surface area contributed by atoms with Gasteiger partial charge in [-0.05, 0) is 24.6 Å². The molecule has 19 heavy (non-hydrogen) atoms. The summed E-state index contributed by atoms with van der Waals surface area (Å²) in [6, 6.07) is 5.08. The maximum atomic E-state index is 11.3. The highest BCUT2D eigenvalue weighted by Crippen LogP contribution is 2.21. The number of nitrogens with zero attached hydrogens (tertiary/aromatic N) is 3. The first-order valence-electron chi connectivity index (χ1n) is 5.24. The Balaban J connectivity index is 2.08. The highest BCUT2D eigenvalue weighted by Gasteiger charge is 1.99. The summed E-state index contributed by atoms with van der Waals surface area (Å²) in [4.78, 5) is 13.8. The van der Waals surface area contributed by atoms with E-state index < -0.39 is 0 Å². The van der Waals surface area contributed by atoms with Crippen LogP contribution in [0.1, 0.15) is 11.3 Å². The summed E-state index contributed by atoms with van der Waals surface area (Å²) in [6.45, 7) is 1.56. The fourth-order valence-corrected chi connectivity index (χ4v) is 1.51. The van der Waals surface area contributed by atoms with Crippen molar-refractivity contribution in [2.45, 2.75) is 6.92 Å². The number of anilines is 1. The number of hydrogen-bond donors (Lipinski definition) is 2. The van der Waals surface area contributed by atoms with Gasteiger partial charge < -0.3 is 0 Å². The second-order valence-corrected chi connectivity index (χ2v) is 4.45. The average Bonchev–Trinajstić information content (AvgIpc) is 2.38. The molecule has 0 radical (unpaired) electrons. The molecule has 0 fully saturated rings. The predicted molar refractivity (Wildman–Crippen MR) is 75.1 cm³/mol. The maximum Gasteiger partial charge on any atom is 0.274 e. The number of aromatic amines is 1. The van der Waals surface area contributed by atoms with E-state index in [0.717, 1.165) is 5.56 Å². The monoisotopic (exact) mass is 297 g/mol. The van der Waals surface area contributed by atoms with E-state index in [1.807, 2.05) is 0 Å². The van der Waals surface area contributed by atoms with Crippen LogP contribution in [0.2, 0.25) is 10.0 Å². The van der Waals surface area contributed by atoms with Crippen LogP contribution in [-0.2, 0) is 0 Å². The fourth-order valence-electron chi connectivity index (χ4n) is 1.20. The van der Waals surface area contributed by atoms with Crippen molar-refractivity contribution in [3.05, 3.63) is 49.9 Å². The number of benzene rings is 1. The third-order valence-electron chi connectivity index (χ3n) is 2.19. The molecule has 2 N–H and O–H groups in total. The topological polar surface area (TPSA) is 83.0 Å². The van der Waals surface area contributed by atoms with Crippen LogP contribution in [0.15, 0.2) is 28.1 Å². The van der Waals surface area contributed by atoms with Gasteiger partial charge >= 0.3 is 0 Å². The molecule has 0 aliphatic carbocycles. The van der Waals surface area contributed by atoms with Gasteiger partial charge in [0.2, 0.25) is 5.95 Å². The molecule has 2 aromatic rings. The lowest BCUT2D eigenvalue weighted by Crippen LogP contribution is -2.15. The molecule has 0 unspecified atom stereocenters. The number of aryl methyl sites for hydroxylation is 1. The van der Waals surface area contributed by atoms with Gasteiger partial charge in [-0.25, -0.2) is 5.43 Å². The van der Waals surface area contributed by atoms with E-state index in [1.165, 1.54) is 6.21 Å². The van der Waals surface area contributed by atoms with Gasteiger partial charge in [-0.3, -0.25) is 9.78 Å². The Kier molecular flexibility index (Phi) is 4.13. The van der Waals surface area contributed by atoms with Gasteiger partial charge in [-0.15, -0.1) is 10.2 Å². The van der Waals surface area contributed by atoms with E-state index in [4.69, 9.17) is 23.2 Å². The quantitative estimate of drug-likeness (QED) is 0.672. The summed E-state index contributed by atoms with van der Waals surface area (Å²) in [7, 11) is 0. The maximum absolute atomic E-state index is 11.3. The van der Waals surface area contributed by atoms with Crippen molar-refractivity contribution >= 4 is 35.4 Å². The number of hydrazone groups is 1. The van der Waals surface area contributed by atoms with Crippen molar-refractivity contribution < 1.29 is 0 Å². The Morgan fingerprint density at radius 1 is 1.32 bits per heavy atom. The van der Waals surface area contributed by atoms with Gasteiger partial charge in [-0.2, -0.15) is 5.10 Å². The number of nitrogens with one attached hydrogen (secondary N) is 2. The molecule has 1 aromatic carbocycles. The Morgan fingerprint density at radius 3 is 2.79 bits per heavy atom. The number of halogens is 2. The zero-order valence-corrected chi connectivity index (χ0v) is 11.3. The second-order valence-electron chi connectivity index (χ2n) is 3.63. The SMILES string of the molecule is Cc1nnc(N/N=C/c2ccc(Cl)c(Cl)c2)[nH]c1=O. The summed E-state index contributed by atoms with van der Waals surface area (Å²) in [6.07, 6.45) is 1.52. The lowest BCUT2D eigenvalue weighted by Gasteiger charge is -1.99. The van der Waals surface area contributed by atoms with Gasteiger partial charge in [0.15, 0.2) is 0 Å². The molecular formula is C11H9Cl2N5O. The van der Waals surface area contributed by atoms with Gasteiger partial charge in [0.05, 0.1) is 16.3 Å². The molecule has 0 bridgehead atoms. The molecule has 1 aromatic heterocycles. The van der Waals surface area contributed by atoms with Crippen LogP contribution in [-0.4, -0.2) is 21.4 Å². The molecule has 0 saturated carbocycles. The van der Waals surface area contributed by atoms with E-state index in [9.17, 15) is 4.79 Å². The van der Waals surface area contributed by atoms with Crippen LogP contribution < -0.4 is 11.0 Å². The summed E-state index contributed by atoms with van der Waals surface area (Å²) in [5, 5.41) is 12.2. The van der Waals surface area contributed by atoms with Gasteiger partial charge in [0, 0.05) is 0 Å². The summed E-state index contributed by atoms with van der Waals surface area (Å²) in [5.74, 6) is 0.159. The number of H-pyrrole nitrogens is 1. The molecule has 0 amide bonds. The van der Waals surface area contributed by atoms with Crippen LogP contribution >= 0.6 is 23.2 Å². The average molecular weight is 298 g/mol. The first kappa shape index (κ1) is 13.5. The number of hydrogen-bond acceptors (Lipinski definition) is 5. The standard InChI is InChI=1S/C11H9Cl2N5O/c1-6-10(19)15-11(18-16-6)17-14-5-7-2-3-8(12)9(13)4-7/h2-5H,1H3,(H2,15,17,18,19)/b14-5+. The van der Waals surface area contributed by atoms with E-state index >= 15 is 0 Å². The molecule has 0 aliphatic rings. The van der Waals surface area contributed by atoms with E-state index in [-0.39, 0.29) is 11.5 Å². The largest absolute Gasteiger partial charge is 0.288 e. The minimum atomic E-state index is -0.317. The molecule has 6 nitrogen and oxygen atoms in total. The highest BCUT2D eigenvalue weighted by molar-refractivity contribution is 6.42. The molecule has 0 saturated heterocycles. The molecule has 0 spiro atoms. The van der Waals surface area contributed by atoms with Crippen LogP contribution in [0.4, 0.5) is 5.95 Å². The van der Waals surface area contributed by atoms with E-state index in [1.54, 1.807) is 25.1 Å². The van der Waals surface area contributed by atoms with E-state index in [2.05, 4.69) is 25.7 Å². The van der Waals surface area contributed by atoms with Crippen LogP contribution in [0.5, 0.6) is 0 Å². The molecule has 0 aliphatic heterocycles. The minimum absolute atomic E-state index is 0.159. The lowest BCUT2D eigenvalue weighted by atomic mass is 10.2. The van der Waals surface area contributed by atoms with Gasteiger partial charge in [0.25, 0.3) is 5.56 Å². The Bertz CT molecular complexity index is 683. The highest BCUT2D eigenvalue weighted by atomic mass is 35.5. The van der Waals surface area contributed by atoms with Crippen molar-refractivity contribution in [2.24, 2.45) is 5.10 Å². The van der Waals surface area contributed by atoms with Crippen LogP contribution in [0.25, 0.3) is 0 Å². The predicted octanol–water partition coefficient (Wildman–Crippen LogP) is 2.23. The Hall–Kier alpha value is -1.92. The van der Waals surface area contributed by atoms with Crippen molar-refractivity contribution in [1.82, 2.24) is 15.2 Å². The number of aromatic nitrogens is 3. The minimum Gasteiger partial charge on any atom is -0.288 e. The summed E-state index contributed by atoms with van der Waals surface area (Å²) < 4.78 is 0. The van der Waals surface area contributed by atoms with Crippen LogP contribution in [0, 0.1) is 6.92 Å². The third kappa shape index (κ3) is 3.52. The molecule has 1 heterocycles. The van der Waals surface area contributed by atoms with Gasteiger partial charge in [0.1, 0.15) is 5.69 Å². The van der Waals surface area contributed by atoms with Crippen molar-refractivity contribution in [1.29, 1.82) is 0 Å². The molecule has 8 heteroatoms. The normalized spacial score (nSPS) is 10.9. The zero-order chi connectivity index (χ0) is 13.8. The number of rotatable bonds is 3. The molecule has 2 rings (SSSR count). The van der Waals surface area contributed by atoms with E-state index in [0.29, 0.717) is 15.7 Å². The summed E-state index contributed by atoms with van der Waals surface area (Å²) >= 11 is 11.7. The molecule has 0 atom stereocenters. The molecule has 98 valence electrons. The molecular weight excluding hydrogens is 289 g/mol. The van der Waals surface area contributed by atoms with Crippen molar-refractivity contribution in [2.75, 3.05) is 5.43 Å². The summed E-state index contributed by atoms with van der Waals surface area (Å²) in [5.41, 5.74) is 3.29. The van der Waals surface area contributed by atoms with Gasteiger partial charge in [-0.1, -0.05) is 29.3 Å². The Morgan fingerprint density at radius 2 is 2.11 bits per heavy atom. The first-order chi connectivity index (χ1) is 9.06. The van der Waals surface area contributed by atoms with Crippen molar-refractivity contribution in [3.8, 4) is 0 Å². The lowest BCUT2D eigenvalue weighted by molar-refractivity contribution is 0.897. The fraction of sp³-hybridized carbons (Fsp3) is 0.0909. The van der Waals surface area contributed by atoms with Crippen LogP contribution in [0.3, 0.4) is 0 Å². The smallest absolute Gasteiger partial charge is 0.274 e. The first-order valence-corrected chi connectivity index (χ1v) is 5.99. The second kappa shape index (κ2) is 5.81. The third-order valence-corrected chi connectivity index (χ3v) is 2.93. The zero-order valence-electron chi connectivity index (χ0n) is 9.82. The van der Waals surface area contributed by atoms with Crippen molar-refractivity contribution in [3.63, 3.8) is 0 Å².